The molecule has 1 heteroatoms. The van der Waals surface area contributed by atoms with Crippen LogP contribution in [0, 0.1) is 5.92 Å². The first-order valence-corrected chi connectivity index (χ1v) is 6.27. The summed E-state index contributed by atoms with van der Waals surface area (Å²) in [6.07, 6.45) is 12.2. The summed E-state index contributed by atoms with van der Waals surface area (Å²) >= 11 is 0. The second-order valence-corrected chi connectivity index (χ2v) is 4.94. The van der Waals surface area contributed by atoms with Gasteiger partial charge in [0.05, 0.1) is 0 Å². The van der Waals surface area contributed by atoms with Crippen LogP contribution < -0.4 is 5.32 Å². The van der Waals surface area contributed by atoms with E-state index in [1.54, 1.807) is 5.57 Å². The second-order valence-electron chi connectivity index (χ2n) is 4.94. The van der Waals surface area contributed by atoms with Crippen LogP contribution in [-0.4, -0.2) is 12.6 Å². The molecule has 0 bridgehead atoms. The number of nitrogens with one attached hydrogen (secondary N) is 1. The van der Waals surface area contributed by atoms with E-state index in [1.807, 2.05) is 0 Å². The van der Waals surface area contributed by atoms with Crippen molar-refractivity contribution in [1.29, 1.82) is 0 Å². The van der Waals surface area contributed by atoms with Crippen LogP contribution in [0.25, 0.3) is 0 Å². The van der Waals surface area contributed by atoms with Gasteiger partial charge in [0.15, 0.2) is 0 Å². The highest BCUT2D eigenvalue weighted by Crippen LogP contribution is 2.32. The first kappa shape index (κ1) is 10.2. The third-order valence-corrected chi connectivity index (χ3v) is 3.63. The summed E-state index contributed by atoms with van der Waals surface area (Å²) in [6.45, 7) is 3.54. The van der Waals surface area contributed by atoms with E-state index in [0.717, 1.165) is 12.0 Å². The highest BCUT2D eigenvalue weighted by molar-refractivity contribution is 5.05. The third-order valence-electron chi connectivity index (χ3n) is 3.63. The molecule has 0 aromatic heterocycles. The summed E-state index contributed by atoms with van der Waals surface area (Å²) in [6, 6.07) is 0.763. The Kier molecular flexibility index (Phi) is 3.63. The van der Waals surface area contributed by atoms with Crippen molar-refractivity contribution in [2.24, 2.45) is 5.92 Å². The summed E-state index contributed by atoms with van der Waals surface area (Å²) in [5.41, 5.74) is 1.70. The van der Waals surface area contributed by atoms with E-state index in [4.69, 9.17) is 0 Å². The topological polar surface area (TPSA) is 12.0 Å². The number of allylic oxidation sites excluding steroid dienone is 1. The molecule has 1 saturated carbocycles. The van der Waals surface area contributed by atoms with Crippen LogP contribution >= 0.6 is 0 Å². The molecule has 0 aromatic rings. The quantitative estimate of drug-likeness (QED) is 0.661. The van der Waals surface area contributed by atoms with Gasteiger partial charge in [-0.3, -0.25) is 0 Å². The molecule has 0 radical (unpaired) electrons. The Morgan fingerprint density at radius 3 is 2.93 bits per heavy atom. The fraction of sp³-hybridized carbons (Fsp3) is 0.846. The smallest absolute Gasteiger partial charge is 0.00671 e. The molecule has 2 aliphatic rings. The van der Waals surface area contributed by atoms with Gasteiger partial charge in [-0.05, 0) is 64.3 Å². The number of hydrogen-bond acceptors (Lipinski definition) is 1. The van der Waals surface area contributed by atoms with Gasteiger partial charge in [0.2, 0.25) is 0 Å². The van der Waals surface area contributed by atoms with Gasteiger partial charge in [0, 0.05) is 6.04 Å². The minimum Gasteiger partial charge on any atom is -0.314 e. The van der Waals surface area contributed by atoms with Crippen molar-refractivity contribution in [1.82, 2.24) is 5.32 Å². The number of rotatable bonds is 5. The van der Waals surface area contributed by atoms with E-state index in [9.17, 15) is 0 Å². The fourth-order valence-electron chi connectivity index (χ4n) is 2.35. The molecule has 0 heterocycles. The minimum atomic E-state index is 0.763. The van der Waals surface area contributed by atoms with Crippen LogP contribution in [0.2, 0.25) is 0 Å². The second kappa shape index (κ2) is 4.97. The van der Waals surface area contributed by atoms with Gasteiger partial charge in [-0.1, -0.05) is 11.6 Å². The average molecular weight is 193 g/mol. The summed E-state index contributed by atoms with van der Waals surface area (Å²) in [5, 5.41) is 3.65. The predicted molar refractivity (Wildman–Crippen MR) is 61.4 cm³/mol. The molecular weight excluding hydrogens is 170 g/mol. The number of hydrogen-bond donors (Lipinski definition) is 1. The Morgan fingerprint density at radius 2 is 2.29 bits per heavy atom. The molecule has 1 N–H and O–H groups in total. The largest absolute Gasteiger partial charge is 0.314 e. The van der Waals surface area contributed by atoms with E-state index in [2.05, 4.69) is 18.3 Å². The van der Waals surface area contributed by atoms with Crippen LogP contribution in [0.15, 0.2) is 11.6 Å². The molecule has 1 fully saturated rings. The van der Waals surface area contributed by atoms with Crippen LogP contribution in [0.4, 0.5) is 0 Å². The Balaban J connectivity index is 1.59. The lowest BCUT2D eigenvalue weighted by Crippen LogP contribution is -2.29. The molecule has 1 atom stereocenters. The molecule has 0 spiro atoms. The maximum Gasteiger partial charge on any atom is 0.00671 e. The molecule has 0 aromatic carbocycles. The molecule has 0 saturated heterocycles. The van der Waals surface area contributed by atoms with Crippen molar-refractivity contribution in [2.45, 2.75) is 57.9 Å². The van der Waals surface area contributed by atoms with Gasteiger partial charge in [0.25, 0.3) is 0 Å². The van der Waals surface area contributed by atoms with Crippen LogP contribution in [-0.2, 0) is 0 Å². The van der Waals surface area contributed by atoms with Gasteiger partial charge in [-0.15, -0.1) is 0 Å². The summed E-state index contributed by atoms with van der Waals surface area (Å²) in [7, 11) is 0. The van der Waals surface area contributed by atoms with Crippen molar-refractivity contribution in [2.75, 3.05) is 6.54 Å². The van der Waals surface area contributed by atoms with Gasteiger partial charge in [-0.2, -0.15) is 0 Å². The van der Waals surface area contributed by atoms with E-state index in [1.165, 1.54) is 51.5 Å². The average Bonchev–Trinajstić information content (AvgIpc) is 3.02. The first-order valence-electron chi connectivity index (χ1n) is 6.27. The van der Waals surface area contributed by atoms with Crippen LogP contribution in [0.3, 0.4) is 0 Å². The van der Waals surface area contributed by atoms with Crippen molar-refractivity contribution in [3.63, 3.8) is 0 Å². The van der Waals surface area contributed by atoms with Gasteiger partial charge in [0.1, 0.15) is 0 Å². The van der Waals surface area contributed by atoms with Crippen molar-refractivity contribution < 1.29 is 0 Å². The van der Waals surface area contributed by atoms with Gasteiger partial charge < -0.3 is 5.32 Å². The summed E-state index contributed by atoms with van der Waals surface area (Å²) in [4.78, 5) is 0. The monoisotopic (exact) mass is 193 g/mol. The Hall–Kier alpha value is -0.300. The molecule has 2 rings (SSSR count). The maximum atomic E-state index is 3.65. The lowest BCUT2D eigenvalue weighted by molar-refractivity contribution is 0.495. The van der Waals surface area contributed by atoms with E-state index < -0.39 is 0 Å². The normalized spacial score (nSPS) is 24.5. The zero-order valence-electron chi connectivity index (χ0n) is 9.39. The molecule has 0 unspecified atom stereocenters. The fourth-order valence-corrected chi connectivity index (χ4v) is 2.35. The summed E-state index contributed by atoms with van der Waals surface area (Å²) < 4.78 is 0. The Labute approximate surface area is 88.0 Å². The Bertz CT molecular complexity index is 203. The first-order chi connectivity index (χ1) is 6.86. The molecular formula is C13H23N. The molecule has 2 aliphatic carbocycles. The van der Waals surface area contributed by atoms with E-state index >= 15 is 0 Å². The highest BCUT2D eigenvalue weighted by Gasteiger charge is 2.27. The zero-order valence-corrected chi connectivity index (χ0v) is 9.39. The molecule has 14 heavy (non-hydrogen) atoms. The lowest BCUT2D eigenvalue weighted by Gasteiger charge is -2.16. The van der Waals surface area contributed by atoms with Gasteiger partial charge in [-0.25, -0.2) is 0 Å². The lowest BCUT2D eigenvalue weighted by atomic mass is 9.97. The molecule has 1 nitrogen and oxygen atoms in total. The van der Waals surface area contributed by atoms with Crippen molar-refractivity contribution in [3.8, 4) is 0 Å². The maximum absolute atomic E-state index is 3.65. The minimum absolute atomic E-state index is 0.763. The highest BCUT2D eigenvalue weighted by atomic mass is 14.9. The van der Waals surface area contributed by atoms with E-state index in [-0.39, 0.29) is 0 Å². The van der Waals surface area contributed by atoms with E-state index in [0.29, 0.717) is 0 Å². The van der Waals surface area contributed by atoms with Crippen LogP contribution in [0.5, 0.6) is 0 Å². The van der Waals surface area contributed by atoms with Gasteiger partial charge >= 0.3 is 0 Å². The SMILES string of the molecule is C[C@@H](NCCC1=CCCCC1)C1CC1. The predicted octanol–water partition coefficient (Wildman–Crippen LogP) is 3.27. The molecule has 80 valence electrons. The standard InChI is InChI=1S/C13H23N/c1-11(13-7-8-13)14-10-9-12-5-3-2-4-6-12/h5,11,13-14H,2-4,6-10H2,1H3/t11-/m1/s1. The Morgan fingerprint density at radius 1 is 1.43 bits per heavy atom. The van der Waals surface area contributed by atoms with Crippen molar-refractivity contribution >= 4 is 0 Å². The van der Waals surface area contributed by atoms with Crippen molar-refractivity contribution in [3.05, 3.63) is 11.6 Å². The third kappa shape index (κ3) is 3.13. The molecule has 0 amide bonds. The zero-order chi connectivity index (χ0) is 9.80. The summed E-state index contributed by atoms with van der Waals surface area (Å²) in [5.74, 6) is 0.996. The van der Waals surface area contributed by atoms with Crippen LogP contribution in [0.1, 0.15) is 51.9 Å². The molecule has 0 aliphatic heterocycles.